The first-order chi connectivity index (χ1) is 13.2. The van der Waals surface area contributed by atoms with Crippen LogP contribution in [0.5, 0.6) is 0 Å². The Bertz CT molecular complexity index is 856. The van der Waals surface area contributed by atoms with E-state index >= 15 is 0 Å². The minimum atomic E-state index is -0.426. The van der Waals surface area contributed by atoms with Crippen molar-refractivity contribution in [2.24, 2.45) is 0 Å². The average Bonchev–Trinajstić information content (AvgIpc) is 3.20. The van der Waals surface area contributed by atoms with Crippen LogP contribution in [0.4, 0.5) is 5.00 Å². The van der Waals surface area contributed by atoms with Crippen molar-refractivity contribution in [3.63, 3.8) is 0 Å². The summed E-state index contributed by atoms with van der Waals surface area (Å²) in [6.07, 6.45) is 0.701. The Morgan fingerprint density at radius 1 is 1.25 bits per heavy atom. The van der Waals surface area contributed by atoms with Crippen LogP contribution in [0, 0.1) is 6.92 Å². The summed E-state index contributed by atoms with van der Waals surface area (Å²) in [7, 11) is 1.35. The molecule has 0 saturated carbocycles. The van der Waals surface area contributed by atoms with Crippen molar-refractivity contribution in [3.05, 3.63) is 21.8 Å². The number of nitrogens with zero attached hydrogens (tertiary/aromatic N) is 3. The Morgan fingerprint density at radius 2 is 1.93 bits per heavy atom. The highest BCUT2D eigenvalue weighted by atomic mass is 32.2. The van der Waals surface area contributed by atoms with Gasteiger partial charge in [-0.1, -0.05) is 32.5 Å². The predicted octanol–water partition coefficient (Wildman–Crippen LogP) is 4.43. The third kappa shape index (κ3) is 4.75. The van der Waals surface area contributed by atoms with Gasteiger partial charge in [0.25, 0.3) is 0 Å². The minimum absolute atomic E-state index is 0.183. The molecular weight excluding hydrogens is 396 g/mol. The summed E-state index contributed by atoms with van der Waals surface area (Å²) in [5.74, 6) is 0.727. The molecule has 0 aliphatic heterocycles. The van der Waals surface area contributed by atoms with Crippen LogP contribution in [0.15, 0.2) is 5.16 Å². The molecule has 0 aliphatic rings. The molecule has 28 heavy (non-hydrogen) atoms. The van der Waals surface area contributed by atoms with Crippen LogP contribution < -0.4 is 5.32 Å². The third-order valence-electron chi connectivity index (χ3n) is 4.26. The van der Waals surface area contributed by atoms with Crippen molar-refractivity contribution >= 4 is 40.0 Å². The number of aromatic nitrogens is 3. The molecule has 2 rings (SSSR count). The molecule has 9 heteroatoms. The van der Waals surface area contributed by atoms with E-state index < -0.39 is 5.97 Å². The summed E-state index contributed by atoms with van der Waals surface area (Å²) in [5, 5.41) is 12.7. The molecule has 0 spiro atoms. The summed E-state index contributed by atoms with van der Waals surface area (Å²) in [5.41, 5.74) is 1.37. The highest BCUT2D eigenvalue weighted by molar-refractivity contribution is 7.99. The Labute approximate surface area is 174 Å². The van der Waals surface area contributed by atoms with E-state index in [-0.39, 0.29) is 23.6 Å². The van der Waals surface area contributed by atoms with Crippen LogP contribution in [0.3, 0.4) is 0 Å². The van der Waals surface area contributed by atoms with E-state index in [4.69, 9.17) is 4.74 Å². The number of rotatable bonds is 8. The van der Waals surface area contributed by atoms with E-state index in [2.05, 4.69) is 47.8 Å². The van der Waals surface area contributed by atoms with Crippen molar-refractivity contribution < 1.29 is 14.3 Å². The van der Waals surface area contributed by atoms with Crippen molar-refractivity contribution in [1.29, 1.82) is 0 Å². The molecule has 0 aromatic carbocycles. The second kappa shape index (κ2) is 9.56. The minimum Gasteiger partial charge on any atom is -0.465 e. The number of ether oxygens (including phenoxy) is 1. The maximum absolute atomic E-state index is 12.5. The average molecular weight is 425 g/mol. The molecule has 0 bridgehead atoms. The van der Waals surface area contributed by atoms with E-state index in [1.165, 1.54) is 30.2 Å². The lowest BCUT2D eigenvalue weighted by Crippen LogP contribution is -2.17. The molecule has 2 aromatic rings. The summed E-state index contributed by atoms with van der Waals surface area (Å²) >= 11 is 2.74. The lowest BCUT2D eigenvalue weighted by molar-refractivity contribution is -0.113. The first-order valence-electron chi connectivity index (χ1n) is 9.29. The van der Waals surface area contributed by atoms with Crippen LogP contribution in [0.25, 0.3) is 0 Å². The quantitative estimate of drug-likeness (QED) is 0.498. The van der Waals surface area contributed by atoms with Gasteiger partial charge in [0.1, 0.15) is 10.8 Å². The molecular formula is C19H28N4O3S2. The van der Waals surface area contributed by atoms with E-state index in [0.717, 1.165) is 21.4 Å². The third-order valence-corrected chi connectivity index (χ3v) is 6.27. The van der Waals surface area contributed by atoms with Gasteiger partial charge in [-0.25, -0.2) is 4.79 Å². The fraction of sp³-hybridized carbons (Fsp3) is 0.579. The molecule has 0 fully saturated rings. The Morgan fingerprint density at radius 3 is 2.46 bits per heavy atom. The molecule has 1 amide bonds. The van der Waals surface area contributed by atoms with Gasteiger partial charge in [-0.05, 0) is 32.8 Å². The van der Waals surface area contributed by atoms with Gasteiger partial charge in [0.15, 0.2) is 5.16 Å². The molecule has 0 aliphatic carbocycles. The SMILES string of the molecule is CCc1c(C)sc(NC(=O)CSc2nnc(C(C)C)n2C(C)C)c1C(=O)OC. The normalized spacial score (nSPS) is 11.3. The van der Waals surface area contributed by atoms with E-state index in [0.29, 0.717) is 17.0 Å². The summed E-state index contributed by atoms with van der Waals surface area (Å²) in [4.78, 5) is 25.7. The molecule has 7 nitrogen and oxygen atoms in total. The number of carbonyl (C=O) groups is 2. The molecule has 2 heterocycles. The van der Waals surface area contributed by atoms with E-state index in [9.17, 15) is 9.59 Å². The Hall–Kier alpha value is -1.87. The molecule has 1 N–H and O–H groups in total. The molecule has 0 atom stereocenters. The van der Waals surface area contributed by atoms with Crippen LogP contribution in [0.2, 0.25) is 0 Å². The first kappa shape index (κ1) is 22.4. The van der Waals surface area contributed by atoms with Crippen molar-refractivity contribution in [1.82, 2.24) is 14.8 Å². The summed E-state index contributed by atoms with van der Waals surface area (Å²) in [6, 6.07) is 0.205. The number of carbonyl (C=O) groups excluding carboxylic acids is 2. The number of thiophene rings is 1. The fourth-order valence-corrected chi connectivity index (χ4v) is 4.99. The van der Waals surface area contributed by atoms with Crippen LogP contribution in [0.1, 0.15) is 73.2 Å². The molecule has 0 radical (unpaired) electrons. The van der Waals surface area contributed by atoms with Gasteiger partial charge in [-0.2, -0.15) is 0 Å². The highest BCUT2D eigenvalue weighted by Crippen LogP contribution is 2.34. The zero-order chi connectivity index (χ0) is 21.0. The zero-order valence-electron chi connectivity index (χ0n) is 17.5. The van der Waals surface area contributed by atoms with Crippen molar-refractivity contribution in [3.8, 4) is 0 Å². The molecule has 0 saturated heterocycles. The number of thioether (sulfide) groups is 1. The number of anilines is 1. The number of aryl methyl sites for hydroxylation is 1. The van der Waals surface area contributed by atoms with Crippen LogP contribution in [-0.2, 0) is 16.0 Å². The standard InChI is InChI=1S/C19H28N4O3S2/c1-8-13-12(6)28-17(15(13)18(25)26-7)20-14(24)9-27-19-22-21-16(10(2)3)23(19)11(4)5/h10-11H,8-9H2,1-7H3,(H,20,24). The van der Waals surface area contributed by atoms with Gasteiger partial charge in [0, 0.05) is 16.8 Å². The fourth-order valence-electron chi connectivity index (χ4n) is 2.97. The number of amides is 1. The number of hydrogen-bond donors (Lipinski definition) is 1. The van der Waals surface area contributed by atoms with Gasteiger partial charge in [0.2, 0.25) is 5.91 Å². The zero-order valence-corrected chi connectivity index (χ0v) is 19.1. The number of esters is 1. The number of nitrogens with one attached hydrogen (secondary N) is 1. The van der Waals surface area contributed by atoms with Crippen molar-refractivity contribution in [2.45, 2.75) is 65.1 Å². The van der Waals surface area contributed by atoms with E-state index in [1.54, 1.807) is 0 Å². The van der Waals surface area contributed by atoms with Crippen molar-refractivity contribution in [2.75, 3.05) is 18.2 Å². The van der Waals surface area contributed by atoms with Gasteiger partial charge in [-0.3, -0.25) is 4.79 Å². The van der Waals surface area contributed by atoms with Gasteiger partial charge < -0.3 is 14.6 Å². The summed E-state index contributed by atoms with van der Waals surface area (Å²) in [6.45, 7) is 12.2. The lowest BCUT2D eigenvalue weighted by atomic mass is 10.1. The molecule has 2 aromatic heterocycles. The Balaban J connectivity index is 2.15. The molecule has 154 valence electrons. The number of methoxy groups -OCH3 is 1. The van der Waals surface area contributed by atoms with Gasteiger partial charge >= 0.3 is 5.97 Å². The second-order valence-electron chi connectivity index (χ2n) is 6.98. The maximum atomic E-state index is 12.5. The smallest absolute Gasteiger partial charge is 0.341 e. The maximum Gasteiger partial charge on any atom is 0.341 e. The largest absolute Gasteiger partial charge is 0.465 e. The number of hydrogen-bond acceptors (Lipinski definition) is 7. The first-order valence-corrected chi connectivity index (χ1v) is 11.1. The molecule has 0 unspecified atom stereocenters. The van der Waals surface area contributed by atoms with Crippen LogP contribution in [-0.4, -0.2) is 39.5 Å². The topological polar surface area (TPSA) is 86.1 Å². The van der Waals surface area contributed by atoms with E-state index in [1.807, 2.05) is 13.8 Å². The Kier molecular flexibility index (Phi) is 7.65. The van der Waals surface area contributed by atoms with Gasteiger partial charge in [-0.15, -0.1) is 21.5 Å². The summed E-state index contributed by atoms with van der Waals surface area (Å²) < 4.78 is 6.96. The highest BCUT2D eigenvalue weighted by Gasteiger charge is 2.24. The van der Waals surface area contributed by atoms with Gasteiger partial charge in [0.05, 0.1) is 18.4 Å². The second-order valence-corrected chi connectivity index (χ2v) is 9.15. The monoisotopic (exact) mass is 424 g/mol. The van der Waals surface area contributed by atoms with Crippen LogP contribution >= 0.6 is 23.1 Å². The predicted molar refractivity (Wildman–Crippen MR) is 114 cm³/mol. The lowest BCUT2D eigenvalue weighted by Gasteiger charge is -2.15.